The van der Waals surface area contributed by atoms with Crippen LogP contribution in [0.4, 0.5) is 10.6 Å². The number of carboxylic acid groups (broad SMARTS) is 1. The lowest BCUT2D eigenvalue weighted by molar-refractivity contribution is -0.0301. The molecule has 0 radical (unpaired) electrons. The Balaban J connectivity index is 1.28. The van der Waals surface area contributed by atoms with E-state index in [4.69, 9.17) is 9.47 Å². The largest absolute Gasteiger partial charge is 0.478 e. The smallest absolute Gasteiger partial charge is 0.337 e. The maximum atomic E-state index is 12.1. The fourth-order valence-corrected chi connectivity index (χ4v) is 4.89. The monoisotopic (exact) mass is 571 g/mol. The highest BCUT2D eigenvalue weighted by Gasteiger charge is 2.35. The minimum absolute atomic E-state index is 0.217. The van der Waals surface area contributed by atoms with Gasteiger partial charge in [-0.15, -0.1) is 0 Å². The van der Waals surface area contributed by atoms with Crippen LogP contribution in [0.3, 0.4) is 0 Å². The Hall–Kier alpha value is -4.68. The van der Waals surface area contributed by atoms with Crippen molar-refractivity contribution in [2.75, 3.05) is 11.9 Å². The molecule has 1 saturated heterocycles. The number of carboxylic acids is 1. The number of aromatic carboxylic acids is 1. The molecular weight excluding hydrogens is 538 g/mol. The molecule has 4 heterocycles. The standard InChI is InChI=1S/C30H33N7O5/c1-2-31-30(40)36-27-26-28(34-18-33-27)37(19-35-26)17-24-23(41-25(42-24)15-14-20-9-4-3-5-10-20)13-7-6-12-22-21(29(38)39)11-8-16-32-22/h3-5,8-11,14-16,18-19,23-25H,2,6-7,12-13,17H2,1H3,(H,38,39)(H2,31,33,34,36,40)/b15-14+/t23?,24?,25-/m0/s1. The minimum Gasteiger partial charge on any atom is -0.478 e. The minimum atomic E-state index is -0.973. The number of imidazole rings is 1. The van der Waals surface area contributed by atoms with Gasteiger partial charge in [0.1, 0.15) is 12.4 Å². The zero-order valence-corrected chi connectivity index (χ0v) is 23.2. The number of fused-ring (bicyclic) bond motifs is 1. The van der Waals surface area contributed by atoms with Gasteiger partial charge in [0.05, 0.1) is 30.2 Å². The fourth-order valence-electron chi connectivity index (χ4n) is 4.89. The second kappa shape index (κ2) is 13.8. The summed E-state index contributed by atoms with van der Waals surface area (Å²) in [6, 6.07) is 12.8. The predicted octanol–water partition coefficient (Wildman–Crippen LogP) is 4.30. The molecule has 5 rings (SSSR count). The molecule has 12 nitrogen and oxygen atoms in total. The van der Waals surface area contributed by atoms with Crippen LogP contribution in [0.2, 0.25) is 0 Å². The zero-order valence-electron chi connectivity index (χ0n) is 23.2. The van der Waals surface area contributed by atoms with E-state index < -0.39 is 12.3 Å². The molecule has 2 amide bonds. The number of carbonyl (C=O) groups excluding carboxylic acids is 1. The predicted molar refractivity (Wildman–Crippen MR) is 156 cm³/mol. The number of aryl methyl sites for hydroxylation is 1. The number of hydrogen-bond acceptors (Lipinski definition) is 8. The number of anilines is 1. The zero-order chi connectivity index (χ0) is 29.3. The van der Waals surface area contributed by atoms with Crippen LogP contribution in [0.25, 0.3) is 17.2 Å². The average Bonchev–Trinajstić information content (AvgIpc) is 3.59. The summed E-state index contributed by atoms with van der Waals surface area (Å²) >= 11 is 0. The van der Waals surface area contributed by atoms with Gasteiger partial charge in [0.25, 0.3) is 0 Å². The van der Waals surface area contributed by atoms with Gasteiger partial charge in [-0.25, -0.2) is 24.5 Å². The van der Waals surface area contributed by atoms with E-state index in [9.17, 15) is 14.7 Å². The molecule has 2 unspecified atom stereocenters. The maximum Gasteiger partial charge on any atom is 0.337 e. The lowest BCUT2D eigenvalue weighted by atomic mass is 10.0. The summed E-state index contributed by atoms with van der Waals surface area (Å²) in [5.41, 5.74) is 2.90. The first-order valence-electron chi connectivity index (χ1n) is 13.9. The van der Waals surface area contributed by atoms with Crippen LogP contribution in [0.1, 0.15) is 47.8 Å². The fraction of sp³-hybridized carbons (Fsp3) is 0.333. The number of ether oxygens (including phenoxy) is 2. The molecule has 0 aliphatic carbocycles. The molecule has 12 heteroatoms. The number of unbranched alkanes of at least 4 members (excludes halogenated alkanes) is 1. The summed E-state index contributed by atoms with van der Waals surface area (Å²) in [5, 5.41) is 14.8. The van der Waals surface area contributed by atoms with E-state index in [2.05, 4.69) is 30.6 Å². The van der Waals surface area contributed by atoms with Gasteiger partial charge in [-0.05, 0) is 50.0 Å². The molecule has 1 aliphatic heterocycles. The summed E-state index contributed by atoms with van der Waals surface area (Å²) in [4.78, 5) is 40.9. The second-order valence-corrected chi connectivity index (χ2v) is 9.81. The molecule has 0 bridgehead atoms. The second-order valence-electron chi connectivity index (χ2n) is 9.81. The topological polar surface area (TPSA) is 153 Å². The Morgan fingerprint density at radius 3 is 2.67 bits per heavy atom. The number of amides is 2. The molecule has 0 saturated carbocycles. The van der Waals surface area contributed by atoms with E-state index >= 15 is 0 Å². The van der Waals surface area contributed by atoms with Crippen molar-refractivity contribution in [3.05, 3.63) is 84.2 Å². The van der Waals surface area contributed by atoms with E-state index in [0.29, 0.717) is 48.6 Å². The number of aromatic nitrogens is 5. The van der Waals surface area contributed by atoms with Crippen LogP contribution < -0.4 is 10.6 Å². The summed E-state index contributed by atoms with van der Waals surface area (Å²) in [7, 11) is 0. The Morgan fingerprint density at radius 2 is 1.86 bits per heavy atom. The number of nitrogens with one attached hydrogen (secondary N) is 2. The third kappa shape index (κ3) is 7.14. The first-order valence-corrected chi connectivity index (χ1v) is 13.9. The van der Waals surface area contributed by atoms with Crippen molar-refractivity contribution in [2.45, 2.75) is 57.6 Å². The van der Waals surface area contributed by atoms with Crippen molar-refractivity contribution >= 4 is 35.1 Å². The summed E-state index contributed by atoms with van der Waals surface area (Å²) in [6.45, 7) is 2.74. The molecule has 1 fully saturated rings. The van der Waals surface area contributed by atoms with Crippen molar-refractivity contribution in [3.63, 3.8) is 0 Å². The molecule has 0 spiro atoms. The maximum absolute atomic E-state index is 12.1. The molecule has 42 heavy (non-hydrogen) atoms. The van der Waals surface area contributed by atoms with E-state index in [1.54, 1.807) is 24.7 Å². The lowest BCUT2D eigenvalue weighted by Gasteiger charge is -2.17. The van der Waals surface area contributed by atoms with Crippen molar-refractivity contribution in [1.82, 2.24) is 29.8 Å². The number of urea groups is 1. The van der Waals surface area contributed by atoms with E-state index in [-0.39, 0.29) is 23.8 Å². The van der Waals surface area contributed by atoms with Crippen molar-refractivity contribution in [1.29, 1.82) is 0 Å². The Labute approximate surface area is 242 Å². The first-order chi connectivity index (χ1) is 20.5. The van der Waals surface area contributed by atoms with Crippen LogP contribution >= 0.6 is 0 Å². The number of pyridine rings is 1. The number of benzene rings is 1. The molecule has 3 atom stereocenters. The third-order valence-corrected chi connectivity index (χ3v) is 6.90. The van der Waals surface area contributed by atoms with Gasteiger partial charge < -0.3 is 24.5 Å². The highest BCUT2D eigenvalue weighted by atomic mass is 16.7. The van der Waals surface area contributed by atoms with Gasteiger partial charge >= 0.3 is 12.0 Å². The molecule has 3 aromatic heterocycles. The van der Waals surface area contributed by atoms with E-state index in [1.807, 2.05) is 54.0 Å². The van der Waals surface area contributed by atoms with Gasteiger partial charge in [0.2, 0.25) is 0 Å². The normalized spacial score (nSPS) is 18.5. The molecule has 1 aliphatic rings. The lowest BCUT2D eigenvalue weighted by Crippen LogP contribution is -2.29. The van der Waals surface area contributed by atoms with Gasteiger partial charge in [0.15, 0.2) is 23.3 Å². The Morgan fingerprint density at radius 1 is 1.02 bits per heavy atom. The van der Waals surface area contributed by atoms with Crippen LogP contribution in [-0.2, 0) is 22.4 Å². The molecule has 1 aromatic carbocycles. The van der Waals surface area contributed by atoms with Crippen LogP contribution in [0.5, 0.6) is 0 Å². The summed E-state index contributed by atoms with van der Waals surface area (Å²) < 4.78 is 14.5. The Bertz CT molecular complexity index is 1540. The molecular formula is C30H33N7O5. The highest BCUT2D eigenvalue weighted by Crippen LogP contribution is 2.28. The number of rotatable bonds is 12. The SMILES string of the molecule is CCNC(=O)Nc1ncnc2c1ncn2CC1O[C@@H](/C=C/c2ccccc2)OC1CCCCc1ncccc1C(=O)O. The van der Waals surface area contributed by atoms with Crippen molar-refractivity contribution in [3.8, 4) is 0 Å². The van der Waals surface area contributed by atoms with Crippen molar-refractivity contribution < 1.29 is 24.2 Å². The number of carbonyl (C=O) groups is 2. The van der Waals surface area contributed by atoms with Crippen LogP contribution in [0, 0.1) is 0 Å². The quantitative estimate of drug-likeness (QED) is 0.211. The van der Waals surface area contributed by atoms with Gasteiger partial charge in [0, 0.05) is 12.7 Å². The summed E-state index contributed by atoms with van der Waals surface area (Å²) in [5.74, 6) is -0.650. The van der Waals surface area contributed by atoms with Gasteiger partial charge in [-0.1, -0.05) is 42.8 Å². The third-order valence-electron chi connectivity index (χ3n) is 6.90. The van der Waals surface area contributed by atoms with Crippen LogP contribution in [-0.4, -0.2) is 66.7 Å². The first kappa shape index (κ1) is 28.8. The van der Waals surface area contributed by atoms with Gasteiger partial charge in [-0.3, -0.25) is 10.3 Å². The average molecular weight is 572 g/mol. The van der Waals surface area contributed by atoms with E-state index in [1.165, 1.54) is 6.33 Å². The Kier molecular flexibility index (Phi) is 9.47. The number of hydrogen-bond donors (Lipinski definition) is 3. The van der Waals surface area contributed by atoms with Crippen LogP contribution in [0.15, 0.2) is 67.4 Å². The molecule has 3 N–H and O–H groups in total. The molecule has 218 valence electrons. The van der Waals surface area contributed by atoms with Gasteiger partial charge in [-0.2, -0.15) is 0 Å². The van der Waals surface area contributed by atoms with Crippen molar-refractivity contribution in [2.24, 2.45) is 0 Å². The molecule has 4 aromatic rings. The van der Waals surface area contributed by atoms with E-state index in [0.717, 1.165) is 18.4 Å². The number of nitrogens with zero attached hydrogens (tertiary/aromatic N) is 5. The highest BCUT2D eigenvalue weighted by molar-refractivity contribution is 5.95. The summed E-state index contributed by atoms with van der Waals surface area (Å²) in [6.07, 6.45) is 10.3.